The molecular weight excluding hydrogens is 218 g/mol. The van der Waals surface area contributed by atoms with Crippen LogP contribution in [0.1, 0.15) is 10.5 Å². The van der Waals surface area contributed by atoms with Crippen LogP contribution in [0, 0.1) is 5.92 Å². The van der Waals surface area contributed by atoms with Crippen molar-refractivity contribution < 1.29 is 9.90 Å². The fourth-order valence-electron chi connectivity index (χ4n) is 1.86. The maximum Gasteiger partial charge on any atom is 0.272 e. The van der Waals surface area contributed by atoms with Crippen molar-refractivity contribution in [2.24, 2.45) is 5.92 Å². The molecule has 1 aliphatic rings. The summed E-state index contributed by atoms with van der Waals surface area (Å²) < 4.78 is 0. The van der Waals surface area contributed by atoms with Gasteiger partial charge in [-0.15, -0.1) is 0 Å². The summed E-state index contributed by atoms with van der Waals surface area (Å²) in [6.45, 7) is 1.91. The first-order chi connectivity index (χ1) is 8.11. The van der Waals surface area contributed by atoms with Gasteiger partial charge in [0.2, 0.25) is 0 Å². The SMILES string of the molecule is CN(C)C(=O)c1cc(N2CC(CO)C2)ccn1. The van der Waals surface area contributed by atoms with Crippen molar-refractivity contribution in [1.82, 2.24) is 9.88 Å². The summed E-state index contributed by atoms with van der Waals surface area (Å²) in [4.78, 5) is 19.5. The second-order valence-corrected chi connectivity index (χ2v) is 4.55. The van der Waals surface area contributed by atoms with E-state index in [-0.39, 0.29) is 12.5 Å². The van der Waals surface area contributed by atoms with E-state index in [0.29, 0.717) is 11.6 Å². The molecule has 0 aromatic carbocycles. The standard InChI is InChI=1S/C12H17N3O2/c1-14(2)12(17)11-5-10(3-4-13-11)15-6-9(7-15)8-16/h3-5,9,16H,6-8H2,1-2H3. The van der Waals surface area contributed by atoms with Crippen molar-refractivity contribution >= 4 is 11.6 Å². The second kappa shape index (κ2) is 4.71. The number of carbonyl (C=O) groups is 1. The lowest BCUT2D eigenvalue weighted by molar-refractivity contribution is 0.0822. The molecule has 0 bridgehead atoms. The summed E-state index contributed by atoms with van der Waals surface area (Å²) in [6, 6.07) is 3.69. The quantitative estimate of drug-likeness (QED) is 0.814. The molecule has 0 aliphatic carbocycles. The highest BCUT2D eigenvalue weighted by Crippen LogP contribution is 2.24. The lowest BCUT2D eigenvalue weighted by atomic mass is 10.0. The predicted octanol–water partition coefficient (Wildman–Crippen LogP) is 0.212. The summed E-state index contributed by atoms with van der Waals surface area (Å²) in [7, 11) is 3.42. The molecular formula is C12H17N3O2. The molecule has 2 rings (SSSR count). The van der Waals surface area contributed by atoms with Crippen molar-refractivity contribution in [2.75, 3.05) is 38.7 Å². The van der Waals surface area contributed by atoms with Crippen molar-refractivity contribution in [3.63, 3.8) is 0 Å². The largest absolute Gasteiger partial charge is 0.396 e. The van der Waals surface area contributed by atoms with E-state index in [9.17, 15) is 4.79 Å². The van der Waals surface area contributed by atoms with Gasteiger partial charge in [0.25, 0.3) is 5.91 Å². The van der Waals surface area contributed by atoms with Gasteiger partial charge in [0.05, 0.1) is 0 Å². The van der Waals surface area contributed by atoms with Crippen LogP contribution in [0.4, 0.5) is 5.69 Å². The Morgan fingerprint density at radius 2 is 2.29 bits per heavy atom. The Morgan fingerprint density at radius 1 is 1.59 bits per heavy atom. The number of rotatable bonds is 3. The number of aromatic nitrogens is 1. The first-order valence-electron chi connectivity index (χ1n) is 5.65. The average molecular weight is 235 g/mol. The highest BCUT2D eigenvalue weighted by Gasteiger charge is 2.26. The molecule has 5 nitrogen and oxygen atoms in total. The van der Waals surface area contributed by atoms with Crippen LogP contribution in [0.5, 0.6) is 0 Å². The normalized spacial score (nSPS) is 15.6. The Labute approximate surface area is 101 Å². The molecule has 0 saturated carbocycles. The van der Waals surface area contributed by atoms with Gasteiger partial charge >= 0.3 is 0 Å². The summed E-state index contributed by atoms with van der Waals surface area (Å²) >= 11 is 0. The zero-order chi connectivity index (χ0) is 12.4. The van der Waals surface area contributed by atoms with E-state index in [1.54, 1.807) is 26.4 Å². The van der Waals surface area contributed by atoms with Gasteiger partial charge in [0, 0.05) is 51.6 Å². The molecule has 2 heterocycles. The Bertz CT molecular complexity index is 414. The molecule has 92 valence electrons. The molecule has 1 amide bonds. The van der Waals surface area contributed by atoms with Gasteiger partial charge < -0.3 is 14.9 Å². The fourth-order valence-corrected chi connectivity index (χ4v) is 1.86. The van der Waals surface area contributed by atoms with Crippen LogP contribution in [0.15, 0.2) is 18.3 Å². The van der Waals surface area contributed by atoms with Crippen molar-refractivity contribution in [1.29, 1.82) is 0 Å². The molecule has 1 aromatic heterocycles. The molecule has 1 saturated heterocycles. The van der Waals surface area contributed by atoms with Crippen molar-refractivity contribution in [3.8, 4) is 0 Å². The highest BCUT2D eigenvalue weighted by molar-refractivity contribution is 5.92. The number of nitrogens with zero attached hydrogens (tertiary/aromatic N) is 3. The maximum absolute atomic E-state index is 11.8. The molecule has 0 radical (unpaired) electrons. The van der Waals surface area contributed by atoms with Gasteiger partial charge in [-0.3, -0.25) is 9.78 Å². The first-order valence-corrected chi connectivity index (χ1v) is 5.65. The van der Waals surface area contributed by atoms with Gasteiger partial charge in [0.15, 0.2) is 0 Å². The van der Waals surface area contributed by atoms with Crippen LogP contribution in [0.2, 0.25) is 0 Å². The minimum absolute atomic E-state index is 0.0916. The van der Waals surface area contributed by atoms with Crippen LogP contribution in [0.25, 0.3) is 0 Å². The Kier molecular flexibility index (Phi) is 3.28. The van der Waals surface area contributed by atoms with E-state index < -0.39 is 0 Å². The number of anilines is 1. The first kappa shape index (κ1) is 11.9. The van der Waals surface area contributed by atoms with Gasteiger partial charge in [0.1, 0.15) is 5.69 Å². The third-order valence-electron chi connectivity index (χ3n) is 2.95. The predicted molar refractivity (Wildman–Crippen MR) is 65.0 cm³/mol. The molecule has 17 heavy (non-hydrogen) atoms. The van der Waals surface area contributed by atoms with Crippen LogP contribution in [-0.4, -0.2) is 54.7 Å². The fraction of sp³-hybridized carbons (Fsp3) is 0.500. The molecule has 1 N–H and O–H groups in total. The van der Waals surface area contributed by atoms with E-state index in [0.717, 1.165) is 18.8 Å². The summed E-state index contributed by atoms with van der Waals surface area (Å²) in [5.41, 5.74) is 1.45. The lowest BCUT2D eigenvalue weighted by Crippen LogP contribution is -2.48. The number of hydrogen-bond donors (Lipinski definition) is 1. The number of amides is 1. The Hall–Kier alpha value is -1.62. The molecule has 0 unspecified atom stereocenters. The maximum atomic E-state index is 11.8. The molecule has 1 fully saturated rings. The van der Waals surface area contributed by atoms with E-state index in [4.69, 9.17) is 5.11 Å². The number of carbonyl (C=O) groups excluding carboxylic acids is 1. The average Bonchev–Trinajstić information content (AvgIpc) is 2.27. The molecule has 0 atom stereocenters. The smallest absolute Gasteiger partial charge is 0.272 e. The van der Waals surface area contributed by atoms with Gasteiger partial charge in [-0.2, -0.15) is 0 Å². The molecule has 0 spiro atoms. The van der Waals surface area contributed by atoms with Crippen molar-refractivity contribution in [2.45, 2.75) is 0 Å². The van der Waals surface area contributed by atoms with Gasteiger partial charge in [-0.05, 0) is 12.1 Å². The highest BCUT2D eigenvalue weighted by atomic mass is 16.3. The summed E-state index contributed by atoms with van der Waals surface area (Å²) in [5.74, 6) is 0.266. The van der Waals surface area contributed by atoms with Gasteiger partial charge in [-0.25, -0.2) is 0 Å². The molecule has 1 aliphatic heterocycles. The monoisotopic (exact) mass is 235 g/mol. The number of pyridine rings is 1. The van der Waals surface area contributed by atoms with Crippen LogP contribution in [0.3, 0.4) is 0 Å². The second-order valence-electron chi connectivity index (χ2n) is 4.55. The minimum Gasteiger partial charge on any atom is -0.396 e. The van der Waals surface area contributed by atoms with Gasteiger partial charge in [-0.1, -0.05) is 0 Å². The number of aliphatic hydroxyl groups excluding tert-OH is 1. The molecule has 1 aromatic rings. The van der Waals surface area contributed by atoms with Crippen molar-refractivity contribution in [3.05, 3.63) is 24.0 Å². The summed E-state index contributed by atoms with van der Waals surface area (Å²) in [6.07, 6.45) is 1.65. The zero-order valence-electron chi connectivity index (χ0n) is 10.1. The van der Waals surface area contributed by atoms with Crippen LogP contribution >= 0.6 is 0 Å². The topological polar surface area (TPSA) is 56.7 Å². The number of aliphatic hydroxyl groups is 1. The lowest BCUT2D eigenvalue weighted by Gasteiger charge is -2.40. The zero-order valence-corrected chi connectivity index (χ0v) is 10.1. The number of hydrogen-bond acceptors (Lipinski definition) is 4. The van der Waals surface area contributed by atoms with E-state index >= 15 is 0 Å². The molecule has 5 heteroatoms. The Balaban J connectivity index is 2.10. The van der Waals surface area contributed by atoms with Crippen LogP contribution in [-0.2, 0) is 0 Å². The Morgan fingerprint density at radius 3 is 2.88 bits per heavy atom. The van der Waals surface area contributed by atoms with Crippen LogP contribution < -0.4 is 4.90 Å². The van der Waals surface area contributed by atoms with E-state index in [1.165, 1.54) is 4.90 Å². The van der Waals surface area contributed by atoms with E-state index in [2.05, 4.69) is 9.88 Å². The van der Waals surface area contributed by atoms with E-state index in [1.807, 2.05) is 6.07 Å². The summed E-state index contributed by atoms with van der Waals surface area (Å²) in [5, 5.41) is 8.97. The minimum atomic E-state index is -0.0916. The third kappa shape index (κ3) is 2.39. The third-order valence-corrected chi connectivity index (χ3v) is 2.95.